The van der Waals surface area contributed by atoms with Crippen LogP contribution in [0.4, 0.5) is 0 Å². The fourth-order valence-corrected chi connectivity index (χ4v) is 1.14. The van der Waals surface area contributed by atoms with Crippen molar-refractivity contribution in [1.29, 1.82) is 0 Å². The van der Waals surface area contributed by atoms with E-state index >= 15 is 0 Å². The summed E-state index contributed by atoms with van der Waals surface area (Å²) in [4.78, 5) is 26.2. The summed E-state index contributed by atoms with van der Waals surface area (Å²) in [5.74, 6) is -1.90. The molecule has 0 amide bonds. The quantitative estimate of drug-likeness (QED) is 0.365. The number of aromatic nitrogens is 1. The number of aliphatic hydroxyl groups excluding tert-OH is 1. The van der Waals surface area contributed by atoms with E-state index in [2.05, 4.69) is 9.72 Å². The van der Waals surface area contributed by atoms with Gasteiger partial charge in [0.2, 0.25) is 0 Å². The van der Waals surface area contributed by atoms with Crippen molar-refractivity contribution in [3.8, 4) is 5.75 Å². The molecule has 18 heavy (non-hydrogen) atoms. The van der Waals surface area contributed by atoms with Crippen molar-refractivity contribution in [2.75, 3.05) is 13.7 Å². The van der Waals surface area contributed by atoms with Gasteiger partial charge < -0.3 is 14.6 Å². The summed E-state index contributed by atoms with van der Waals surface area (Å²) in [5.41, 5.74) is 0.270. The number of ketones is 1. The minimum Gasteiger partial charge on any atom is -0.507 e. The molecule has 0 aliphatic carbocycles. The zero-order chi connectivity index (χ0) is 13.5. The van der Waals surface area contributed by atoms with Gasteiger partial charge in [0.15, 0.2) is 0 Å². The highest BCUT2D eigenvalue weighted by Crippen LogP contribution is 2.16. The Labute approximate surface area is 104 Å². The molecule has 1 aromatic rings. The molecule has 6 heteroatoms. The second-order valence-corrected chi connectivity index (χ2v) is 3.23. The largest absolute Gasteiger partial charge is 0.507 e. The van der Waals surface area contributed by atoms with Crippen molar-refractivity contribution < 1.29 is 24.2 Å². The van der Waals surface area contributed by atoms with E-state index in [1.807, 2.05) is 0 Å². The first kappa shape index (κ1) is 13.7. The molecule has 0 aliphatic rings. The summed E-state index contributed by atoms with van der Waals surface area (Å²) in [7, 11) is 1.45. The molecule has 0 aliphatic heterocycles. The summed E-state index contributed by atoms with van der Waals surface area (Å²) in [5, 5.41) is 9.66. The minimum atomic E-state index is -1.01. The number of carbonyl (C=O) groups excluding carboxylic acids is 2. The van der Waals surface area contributed by atoms with Gasteiger partial charge >= 0.3 is 5.97 Å². The predicted octanol–water partition coefficient (Wildman–Crippen LogP) is 1.12. The molecule has 0 unspecified atom stereocenters. The van der Waals surface area contributed by atoms with Gasteiger partial charge in [-0.15, -0.1) is 0 Å². The smallest absolute Gasteiger partial charge is 0.379 e. The van der Waals surface area contributed by atoms with Crippen LogP contribution >= 0.6 is 0 Å². The molecule has 0 saturated heterocycles. The van der Waals surface area contributed by atoms with Crippen LogP contribution in [0.2, 0.25) is 0 Å². The standard InChI is InChI=1S/C12H13NO5/c1-3-18-12(16)11(15)5-10(14)8-4-9(17-2)7-13-6-8/h4-7,14H,3H2,1-2H3/b10-5-. The predicted molar refractivity (Wildman–Crippen MR) is 63.0 cm³/mol. The Balaban J connectivity index is 2.88. The fraction of sp³-hybridized carbons (Fsp3) is 0.250. The molecule has 1 N–H and O–H groups in total. The number of methoxy groups -OCH3 is 1. The molecule has 0 atom stereocenters. The lowest BCUT2D eigenvalue weighted by molar-refractivity contribution is -0.151. The Kier molecular flexibility index (Phi) is 4.86. The topological polar surface area (TPSA) is 85.7 Å². The Bertz CT molecular complexity index is 481. The first-order chi connectivity index (χ1) is 8.58. The molecular weight excluding hydrogens is 238 g/mol. The highest BCUT2D eigenvalue weighted by atomic mass is 16.5. The number of hydrogen-bond acceptors (Lipinski definition) is 6. The summed E-state index contributed by atoms with van der Waals surface area (Å²) >= 11 is 0. The van der Waals surface area contributed by atoms with E-state index < -0.39 is 11.8 Å². The number of rotatable bonds is 5. The molecule has 0 spiro atoms. The average molecular weight is 251 g/mol. The Morgan fingerprint density at radius 2 is 2.17 bits per heavy atom. The van der Waals surface area contributed by atoms with Gasteiger partial charge in [-0.2, -0.15) is 0 Å². The molecule has 0 saturated carbocycles. The van der Waals surface area contributed by atoms with Crippen molar-refractivity contribution >= 4 is 17.5 Å². The molecule has 6 nitrogen and oxygen atoms in total. The second kappa shape index (κ2) is 6.39. The first-order valence-electron chi connectivity index (χ1n) is 5.19. The normalized spacial score (nSPS) is 10.9. The van der Waals surface area contributed by atoms with Gasteiger partial charge in [-0.05, 0) is 13.0 Å². The van der Waals surface area contributed by atoms with E-state index in [0.29, 0.717) is 5.75 Å². The van der Waals surface area contributed by atoms with Gasteiger partial charge in [0.1, 0.15) is 11.5 Å². The van der Waals surface area contributed by atoms with Gasteiger partial charge in [0, 0.05) is 17.8 Å². The number of aliphatic hydroxyl groups is 1. The SMILES string of the molecule is CCOC(=O)C(=O)/C=C(\O)c1cncc(OC)c1. The zero-order valence-electron chi connectivity index (χ0n) is 10.0. The summed E-state index contributed by atoms with van der Waals surface area (Å²) in [6.45, 7) is 1.68. The van der Waals surface area contributed by atoms with Crippen molar-refractivity contribution in [2.24, 2.45) is 0 Å². The number of pyridine rings is 1. The van der Waals surface area contributed by atoms with Crippen LogP contribution in [0.1, 0.15) is 12.5 Å². The van der Waals surface area contributed by atoms with Crippen LogP contribution in [0.5, 0.6) is 5.75 Å². The molecule has 0 bridgehead atoms. The lowest BCUT2D eigenvalue weighted by Crippen LogP contribution is -2.15. The van der Waals surface area contributed by atoms with Gasteiger partial charge in [0.05, 0.1) is 19.9 Å². The monoisotopic (exact) mass is 251 g/mol. The van der Waals surface area contributed by atoms with Crippen LogP contribution in [-0.4, -0.2) is 35.6 Å². The molecule has 1 heterocycles. The lowest BCUT2D eigenvalue weighted by atomic mass is 10.2. The maximum atomic E-state index is 11.3. The van der Waals surface area contributed by atoms with Crippen LogP contribution in [-0.2, 0) is 14.3 Å². The van der Waals surface area contributed by atoms with Crippen LogP contribution in [0, 0.1) is 0 Å². The van der Waals surface area contributed by atoms with E-state index in [4.69, 9.17) is 4.74 Å². The number of esters is 1. The minimum absolute atomic E-state index is 0.0971. The Morgan fingerprint density at radius 3 is 2.78 bits per heavy atom. The van der Waals surface area contributed by atoms with Crippen LogP contribution in [0.15, 0.2) is 24.5 Å². The van der Waals surface area contributed by atoms with Gasteiger partial charge in [-0.3, -0.25) is 9.78 Å². The Hall–Kier alpha value is -2.37. The van der Waals surface area contributed by atoms with Gasteiger partial charge in [-0.1, -0.05) is 0 Å². The molecule has 0 radical (unpaired) electrons. The number of ether oxygens (including phenoxy) is 2. The molecule has 96 valence electrons. The molecule has 0 aromatic carbocycles. The third-order valence-corrected chi connectivity index (χ3v) is 1.99. The third kappa shape index (κ3) is 3.58. The molecule has 1 aromatic heterocycles. The maximum Gasteiger partial charge on any atom is 0.379 e. The fourth-order valence-electron chi connectivity index (χ4n) is 1.14. The van der Waals surface area contributed by atoms with Crippen molar-refractivity contribution in [3.05, 3.63) is 30.1 Å². The molecule has 1 rings (SSSR count). The van der Waals surface area contributed by atoms with Crippen LogP contribution in [0.25, 0.3) is 5.76 Å². The van der Waals surface area contributed by atoms with E-state index in [9.17, 15) is 14.7 Å². The van der Waals surface area contributed by atoms with Gasteiger partial charge in [-0.25, -0.2) is 4.79 Å². The Morgan fingerprint density at radius 1 is 1.44 bits per heavy atom. The zero-order valence-corrected chi connectivity index (χ0v) is 10.0. The summed E-state index contributed by atoms with van der Waals surface area (Å²) in [6.07, 6.45) is 3.57. The van der Waals surface area contributed by atoms with Gasteiger partial charge in [0.25, 0.3) is 5.78 Å². The highest BCUT2D eigenvalue weighted by Gasteiger charge is 2.14. The molecule has 0 fully saturated rings. The van der Waals surface area contributed by atoms with Crippen LogP contribution < -0.4 is 4.74 Å². The summed E-state index contributed by atoms with van der Waals surface area (Å²) < 4.78 is 9.42. The number of hydrogen-bond donors (Lipinski definition) is 1. The first-order valence-corrected chi connectivity index (χ1v) is 5.19. The average Bonchev–Trinajstić information content (AvgIpc) is 2.39. The number of nitrogens with zero attached hydrogens (tertiary/aromatic N) is 1. The van der Waals surface area contributed by atoms with E-state index in [1.165, 1.54) is 25.6 Å². The van der Waals surface area contributed by atoms with Crippen molar-refractivity contribution in [3.63, 3.8) is 0 Å². The van der Waals surface area contributed by atoms with Crippen molar-refractivity contribution in [2.45, 2.75) is 6.92 Å². The van der Waals surface area contributed by atoms with E-state index in [0.717, 1.165) is 6.08 Å². The number of carbonyl (C=O) groups is 2. The summed E-state index contributed by atoms with van der Waals surface area (Å²) in [6, 6.07) is 1.48. The van der Waals surface area contributed by atoms with E-state index in [1.54, 1.807) is 6.92 Å². The van der Waals surface area contributed by atoms with E-state index in [-0.39, 0.29) is 17.9 Å². The maximum absolute atomic E-state index is 11.3. The second-order valence-electron chi connectivity index (χ2n) is 3.23. The lowest BCUT2D eigenvalue weighted by Gasteiger charge is -2.03. The third-order valence-electron chi connectivity index (χ3n) is 1.99. The van der Waals surface area contributed by atoms with Crippen molar-refractivity contribution in [1.82, 2.24) is 4.98 Å². The highest BCUT2D eigenvalue weighted by molar-refractivity contribution is 6.39. The molecular formula is C12H13NO5. The van der Waals surface area contributed by atoms with Crippen LogP contribution in [0.3, 0.4) is 0 Å².